The van der Waals surface area contributed by atoms with Crippen molar-refractivity contribution < 1.29 is 4.79 Å². The predicted molar refractivity (Wildman–Crippen MR) is 71.1 cm³/mol. The van der Waals surface area contributed by atoms with Gasteiger partial charge in [0.05, 0.1) is 0 Å². The molecule has 0 heterocycles. The van der Waals surface area contributed by atoms with Gasteiger partial charge in [-0.25, -0.2) is 0 Å². The van der Waals surface area contributed by atoms with Gasteiger partial charge in [0, 0.05) is 11.6 Å². The minimum Gasteiger partial charge on any atom is -0.326 e. The van der Waals surface area contributed by atoms with Crippen LogP contribution >= 0.6 is 0 Å². The Hall–Kier alpha value is -1.31. The zero-order valence-corrected chi connectivity index (χ0v) is 10.7. The molecule has 1 aromatic carbocycles. The number of hydrogen-bond donors (Lipinski definition) is 1. The van der Waals surface area contributed by atoms with Gasteiger partial charge in [-0.2, -0.15) is 0 Å². The molecule has 2 heteroatoms. The van der Waals surface area contributed by atoms with E-state index in [0.29, 0.717) is 5.92 Å². The van der Waals surface area contributed by atoms with Crippen LogP contribution in [0.2, 0.25) is 0 Å². The SMILES string of the molecule is Cc1ccc(NC(=O)C2[C@@H]3[C@@H]4CC[C@H](C4)[C@@H]23)cc1. The summed E-state index contributed by atoms with van der Waals surface area (Å²) in [4.78, 5) is 12.3. The molecule has 3 aliphatic rings. The van der Waals surface area contributed by atoms with Gasteiger partial charge in [-0.05, 0) is 62.0 Å². The molecular weight excluding hydrogens is 222 g/mol. The van der Waals surface area contributed by atoms with E-state index >= 15 is 0 Å². The maximum Gasteiger partial charge on any atom is 0.228 e. The number of fused-ring (bicyclic) bond motifs is 5. The van der Waals surface area contributed by atoms with Gasteiger partial charge in [0.25, 0.3) is 0 Å². The van der Waals surface area contributed by atoms with Crippen LogP contribution < -0.4 is 5.32 Å². The molecule has 1 N–H and O–H groups in total. The lowest BCUT2D eigenvalue weighted by Crippen LogP contribution is -2.18. The fraction of sp³-hybridized carbons (Fsp3) is 0.562. The van der Waals surface area contributed by atoms with E-state index in [1.54, 1.807) is 0 Å². The minimum absolute atomic E-state index is 0.269. The summed E-state index contributed by atoms with van der Waals surface area (Å²) in [5.74, 6) is 3.80. The number of benzene rings is 1. The van der Waals surface area contributed by atoms with Crippen molar-refractivity contribution in [3.05, 3.63) is 29.8 Å². The molecule has 4 rings (SSSR count). The van der Waals surface area contributed by atoms with Crippen LogP contribution in [-0.2, 0) is 4.79 Å². The summed E-state index contributed by atoms with van der Waals surface area (Å²) in [6.07, 6.45) is 4.16. The molecule has 0 radical (unpaired) electrons. The van der Waals surface area contributed by atoms with Gasteiger partial charge in [0.1, 0.15) is 0 Å². The highest BCUT2D eigenvalue weighted by atomic mass is 16.2. The van der Waals surface area contributed by atoms with Gasteiger partial charge >= 0.3 is 0 Å². The first-order valence-electron chi connectivity index (χ1n) is 7.11. The fourth-order valence-corrected chi connectivity index (χ4v) is 4.54. The Bertz CT molecular complexity index is 476. The zero-order valence-electron chi connectivity index (χ0n) is 10.7. The van der Waals surface area contributed by atoms with E-state index in [2.05, 4.69) is 12.2 Å². The van der Waals surface area contributed by atoms with E-state index in [-0.39, 0.29) is 5.91 Å². The Kier molecular flexibility index (Phi) is 2.12. The third kappa shape index (κ3) is 1.44. The second-order valence-corrected chi connectivity index (χ2v) is 6.37. The summed E-state index contributed by atoms with van der Waals surface area (Å²) in [6.45, 7) is 2.06. The lowest BCUT2D eigenvalue weighted by molar-refractivity contribution is -0.118. The number of carbonyl (C=O) groups excluding carboxylic acids is 1. The van der Waals surface area contributed by atoms with Crippen molar-refractivity contribution >= 4 is 11.6 Å². The monoisotopic (exact) mass is 241 g/mol. The van der Waals surface area contributed by atoms with Crippen LogP contribution in [0.1, 0.15) is 24.8 Å². The molecule has 0 aromatic heterocycles. The first kappa shape index (κ1) is 10.6. The van der Waals surface area contributed by atoms with Gasteiger partial charge in [0.15, 0.2) is 0 Å². The number of anilines is 1. The van der Waals surface area contributed by atoms with Crippen molar-refractivity contribution in [3.8, 4) is 0 Å². The summed E-state index contributed by atoms with van der Waals surface area (Å²) < 4.78 is 0. The second kappa shape index (κ2) is 3.59. The normalized spacial score (nSPS) is 39.5. The molecule has 0 unspecified atom stereocenters. The fourth-order valence-electron chi connectivity index (χ4n) is 4.54. The van der Waals surface area contributed by atoms with Crippen LogP contribution in [0.25, 0.3) is 0 Å². The highest BCUT2D eigenvalue weighted by Crippen LogP contribution is 2.69. The quantitative estimate of drug-likeness (QED) is 0.846. The Morgan fingerprint density at radius 2 is 1.72 bits per heavy atom. The molecule has 2 bridgehead atoms. The molecule has 3 fully saturated rings. The van der Waals surface area contributed by atoms with Crippen molar-refractivity contribution in [2.24, 2.45) is 29.6 Å². The molecular formula is C16H19NO. The Balaban J connectivity index is 1.45. The van der Waals surface area contributed by atoms with Gasteiger partial charge in [-0.3, -0.25) is 4.79 Å². The predicted octanol–water partition coefficient (Wildman–Crippen LogP) is 3.23. The van der Waals surface area contributed by atoms with E-state index in [1.807, 2.05) is 24.3 Å². The summed E-state index contributed by atoms with van der Waals surface area (Å²) in [6, 6.07) is 8.10. The summed E-state index contributed by atoms with van der Waals surface area (Å²) >= 11 is 0. The van der Waals surface area contributed by atoms with E-state index in [0.717, 1.165) is 29.4 Å². The minimum atomic E-state index is 0.269. The molecule has 2 nitrogen and oxygen atoms in total. The van der Waals surface area contributed by atoms with Gasteiger partial charge in [0.2, 0.25) is 5.91 Å². The van der Waals surface area contributed by atoms with Crippen molar-refractivity contribution in [2.75, 3.05) is 5.32 Å². The standard InChI is InChI=1S/C16H19NO/c1-9-2-6-12(7-3-9)17-16(18)15-13-10-4-5-11(8-10)14(13)15/h2-3,6-7,10-11,13-15H,4-5,8H2,1H3,(H,17,18)/t10-,11-,13-,14-/m1/s1. The zero-order chi connectivity index (χ0) is 12.3. The molecule has 94 valence electrons. The van der Waals surface area contributed by atoms with Crippen molar-refractivity contribution in [2.45, 2.75) is 26.2 Å². The van der Waals surface area contributed by atoms with Crippen LogP contribution in [-0.4, -0.2) is 5.91 Å². The summed E-state index contributed by atoms with van der Waals surface area (Å²) in [5, 5.41) is 3.09. The third-order valence-corrected chi connectivity index (χ3v) is 5.36. The van der Waals surface area contributed by atoms with E-state index in [4.69, 9.17) is 0 Å². The van der Waals surface area contributed by atoms with Crippen molar-refractivity contribution in [1.82, 2.24) is 0 Å². The Morgan fingerprint density at radius 3 is 2.33 bits per heavy atom. The van der Waals surface area contributed by atoms with Crippen LogP contribution in [0.5, 0.6) is 0 Å². The number of hydrogen-bond acceptors (Lipinski definition) is 1. The smallest absolute Gasteiger partial charge is 0.228 e. The van der Waals surface area contributed by atoms with Crippen molar-refractivity contribution in [3.63, 3.8) is 0 Å². The topological polar surface area (TPSA) is 29.1 Å². The first-order chi connectivity index (χ1) is 8.74. The summed E-state index contributed by atoms with van der Waals surface area (Å²) in [5.41, 5.74) is 2.18. The maximum absolute atomic E-state index is 12.3. The van der Waals surface area contributed by atoms with Gasteiger partial charge in [-0.1, -0.05) is 17.7 Å². The highest BCUT2D eigenvalue weighted by Gasteiger charge is 2.67. The van der Waals surface area contributed by atoms with E-state index in [9.17, 15) is 4.79 Å². The summed E-state index contributed by atoms with van der Waals surface area (Å²) in [7, 11) is 0. The van der Waals surface area contributed by atoms with Crippen LogP contribution in [0, 0.1) is 36.5 Å². The lowest BCUT2D eigenvalue weighted by atomic mass is 10.0. The van der Waals surface area contributed by atoms with Crippen molar-refractivity contribution in [1.29, 1.82) is 0 Å². The molecule has 0 spiro atoms. The number of nitrogens with one attached hydrogen (secondary N) is 1. The third-order valence-electron chi connectivity index (χ3n) is 5.36. The van der Waals surface area contributed by atoms with Crippen LogP contribution in [0.3, 0.4) is 0 Å². The molecule has 1 amide bonds. The molecule has 0 aliphatic heterocycles. The molecule has 1 aromatic rings. The van der Waals surface area contributed by atoms with Gasteiger partial charge < -0.3 is 5.32 Å². The Morgan fingerprint density at radius 1 is 1.11 bits per heavy atom. The number of amides is 1. The van der Waals surface area contributed by atoms with E-state index in [1.165, 1.54) is 24.8 Å². The largest absolute Gasteiger partial charge is 0.326 e. The molecule has 0 saturated heterocycles. The maximum atomic E-state index is 12.3. The average molecular weight is 241 g/mol. The number of carbonyl (C=O) groups is 1. The molecule has 3 saturated carbocycles. The average Bonchev–Trinajstić information content (AvgIpc) is 2.82. The Labute approximate surface area is 108 Å². The van der Waals surface area contributed by atoms with Crippen LogP contribution in [0.4, 0.5) is 5.69 Å². The number of rotatable bonds is 2. The van der Waals surface area contributed by atoms with E-state index < -0.39 is 0 Å². The van der Waals surface area contributed by atoms with Gasteiger partial charge in [-0.15, -0.1) is 0 Å². The molecule has 18 heavy (non-hydrogen) atoms. The van der Waals surface area contributed by atoms with Crippen LogP contribution in [0.15, 0.2) is 24.3 Å². The molecule has 4 atom stereocenters. The first-order valence-corrected chi connectivity index (χ1v) is 7.11. The lowest BCUT2D eigenvalue weighted by Gasteiger charge is -2.09. The number of aryl methyl sites for hydroxylation is 1. The highest BCUT2D eigenvalue weighted by molar-refractivity contribution is 5.95. The second-order valence-electron chi connectivity index (χ2n) is 6.37. The molecule has 3 aliphatic carbocycles.